The van der Waals surface area contributed by atoms with Gasteiger partial charge in [-0.2, -0.15) is 10.1 Å². The van der Waals surface area contributed by atoms with Gasteiger partial charge in [0.15, 0.2) is 0 Å². The first kappa shape index (κ1) is 16.7. The molecular weight excluding hydrogens is 323 g/mol. The first-order valence-corrected chi connectivity index (χ1v) is 8.81. The summed E-state index contributed by atoms with van der Waals surface area (Å²) in [6.07, 6.45) is 0.758. The van der Waals surface area contributed by atoms with Gasteiger partial charge in [-0.1, -0.05) is 32.0 Å². The molecule has 1 aliphatic heterocycles. The van der Waals surface area contributed by atoms with E-state index in [2.05, 4.69) is 18.9 Å². The Morgan fingerprint density at radius 3 is 2.42 bits per heavy atom. The Morgan fingerprint density at radius 1 is 1.12 bits per heavy atom. The fourth-order valence-corrected chi connectivity index (χ4v) is 3.64. The van der Waals surface area contributed by atoms with Crippen molar-refractivity contribution >= 4 is 29.1 Å². The van der Waals surface area contributed by atoms with E-state index in [1.54, 1.807) is 12.1 Å². The minimum Gasteiger partial charge on any atom is -0.271 e. The molecule has 124 valence electrons. The highest BCUT2D eigenvalue weighted by Gasteiger charge is 2.37. The molecule has 0 spiro atoms. The van der Waals surface area contributed by atoms with E-state index in [0.29, 0.717) is 11.6 Å². The van der Waals surface area contributed by atoms with E-state index in [9.17, 15) is 9.18 Å². The summed E-state index contributed by atoms with van der Waals surface area (Å²) in [4.78, 5) is 13.9. The first-order valence-electron chi connectivity index (χ1n) is 7.93. The van der Waals surface area contributed by atoms with Crippen molar-refractivity contribution in [3.63, 3.8) is 0 Å². The second-order valence-corrected chi connectivity index (χ2v) is 7.31. The largest absolute Gasteiger partial charge is 0.271 e. The Balaban J connectivity index is 1.88. The van der Waals surface area contributed by atoms with E-state index in [1.807, 2.05) is 30.3 Å². The van der Waals surface area contributed by atoms with Crippen molar-refractivity contribution < 1.29 is 9.18 Å². The van der Waals surface area contributed by atoms with Crippen LogP contribution in [0.15, 0.2) is 64.6 Å². The molecule has 1 unspecified atom stereocenters. The number of hydrogen-bond donors (Lipinski definition) is 0. The zero-order chi connectivity index (χ0) is 17.1. The molecule has 0 radical (unpaired) electrons. The van der Waals surface area contributed by atoms with Crippen LogP contribution in [0.1, 0.15) is 20.3 Å². The van der Waals surface area contributed by atoms with Crippen LogP contribution in [0.25, 0.3) is 0 Å². The van der Waals surface area contributed by atoms with E-state index in [-0.39, 0.29) is 17.0 Å². The number of benzene rings is 2. The molecule has 24 heavy (non-hydrogen) atoms. The Hall–Kier alpha value is -2.14. The summed E-state index contributed by atoms with van der Waals surface area (Å²) in [5.41, 5.74) is 1.46. The van der Waals surface area contributed by atoms with Gasteiger partial charge in [0.25, 0.3) is 5.91 Å². The average molecular weight is 342 g/mol. The summed E-state index contributed by atoms with van der Waals surface area (Å²) in [6, 6.07) is 15.7. The van der Waals surface area contributed by atoms with Crippen LogP contribution in [0.2, 0.25) is 0 Å². The predicted molar refractivity (Wildman–Crippen MR) is 96.9 cm³/mol. The molecule has 0 saturated carbocycles. The normalized spacial score (nSPS) is 17.5. The lowest BCUT2D eigenvalue weighted by Gasteiger charge is -2.14. The van der Waals surface area contributed by atoms with Crippen molar-refractivity contribution in [3.8, 4) is 0 Å². The molecule has 1 amide bonds. The van der Waals surface area contributed by atoms with Gasteiger partial charge < -0.3 is 0 Å². The Bertz CT molecular complexity index is 744. The third-order valence-corrected chi connectivity index (χ3v) is 4.90. The topological polar surface area (TPSA) is 32.7 Å². The summed E-state index contributed by atoms with van der Waals surface area (Å²) in [7, 11) is 0. The zero-order valence-electron chi connectivity index (χ0n) is 13.6. The lowest BCUT2D eigenvalue weighted by molar-refractivity contribution is -0.116. The van der Waals surface area contributed by atoms with E-state index in [4.69, 9.17) is 0 Å². The average Bonchev–Trinajstić information content (AvgIpc) is 2.85. The number of halogens is 1. The second-order valence-electron chi connectivity index (χ2n) is 6.13. The van der Waals surface area contributed by atoms with Gasteiger partial charge in [0.1, 0.15) is 11.1 Å². The van der Waals surface area contributed by atoms with Gasteiger partial charge in [-0.05, 0) is 48.7 Å². The van der Waals surface area contributed by atoms with Gasteiger partial charge in [-0.3, -0.25) is 4.79 Å². The second kappa shape index (κ2) is 7.18. The van der Waals surface area contributed by atoms with E-state index < -0.39 is 0 Å². The first-order chi connectivity index (χ1) is 11.5. The molecule has 0 bridgehead atoms. The number of thioether (sulfide) groups is 1. The molecule has 0 saturated heterocycles. The summed E-state index contributed by atoms with van der Waals surface area (Å²) in [6.45, 7) is 4.22. The predicted octanol–water partition coefficient (Wildman–Crippen LogP) is 4.74. The molecule has 3 nitrogen and oxygen atoms in total. The quantitative estimate of drug-likeness (QED) is 0.786. The maximum Gasteiger partial charge on any atom is 0.266 e. The third kappa shape index (κ3) is 3.67. The highest BCUT2D eigenvalue weighted by molar-refractivity contribution is 8.01. The van der Waals surface area contributed by atoms with Gasteiger partial charge in [0.05, 0.1) is 11.4 Å². The molecule has 3 rings (SSSR count). The number of carbonyl (C=O) groups excluding carboxylic acids is 1. The number of anilines is 1. The van der Waals surface area contributed by atoms with Crippen molar-refractivity contribution in [1.29, 1.82) is 0 Å². The highest BCUT2D eigenvalue weighted by Crippen LogP contribution is 2.33. The lowest BCUT2D eigenvalue weighted by atomic mass is 10.0. The van der Waals surface area contributed by atoms with Gasteiger partial charge in [0, 0.05) is 4.90 Å². The summed E-state index contributed by atoms with van der Waals surface area (Å²) in [5, 5.41) is 5.61. The van der Waals surface area contributed by atoms with Crippen LogP contribution in [0, 0.1) is 11.7 Å². The number of nitrogens with zero attached hydrogens (tertiary/aromatic N) is 2. The Kier molecular flexibility index (Phi) is 5.00. The summed E-state index contributed by atoms with van der Waals surface area (Å²) in [5.74, 6) is 0.00157. The molecule has 2 aromatic carbocycles. The molecule has 1 heterocycles. The smallest absolute Gasteiger partial charge is 0.266 e. The van der Waals surface area contributed by atoms with Crippen LogP contribution in [0.3, 0.4) is 0 Å². The van der Waals surface area contributed by atoms with E-state index >= 15 is 0 Å². The molecular formula is C19H19FN2OS. The number of amides is 1. The van der Waals surface area contributed by atoms with Crippen molar-refractivity contribution in [1.82, 2.24) is 0 Å². The highest BCUT2D eigenvalue weighted by atomic mass is 32.2. The Morgan fingerprint density at radius 2 is 1.79 bits per heavy atom. The van der Waals surface area contributed by atoms with Crippen molar-refractivity contribution in [3.05, 3.63) is 60.4 Å². The molecule has 5 heteroatoms. The van der Waals surface area contributed by atoms with E-state index in [0.717, 1.165) is 17.0 Å². The van der Waals surface area contributed by atoms with Gasteiger partial charge >= 0.3 is 0 Å². The summed E-state index contributed by atoms with van der Waals surface area (Å²) >= 11 is 1.51. The fourth-order valence-electron chi connectivity index (χ4n) is 2.57. The van der Waals surface area contributed by atoms with Crippen LogP contribution in [0.5, 0.6) is 0 Å². The SMILES string of the molecule is CC(C)CC1=NN(c2ccc(F)cc2)C(=O)C1Sc1ccccc1. The number of rotatable bonds is 5. The van der Waals surface area contributed by atoms with Crippen LogP contribution < -0.4 is 5.01 Å². The van der Waals surface area contributed by atoms with Crippen molar-refractivity contribution in [2.75, 3.05) is 5.01 Å². The molecule has 1 atom stereocenters. The van der Waals surface area contributed by atoms with Gasteiger partial charge in [0.2, 0.25) is 0 Å². The zero-order valence-corrected chi connectivity index (χ0v) is 14.5. The fraction of sp³-hybridized carbons (Fsp3) is 0.263. The molecule has 0 fully saturated rings. The minimum atomic E-state index is -0.333. The van der Waals surface area contributed by atoms with Gasteiger partial charge in [-0.25, -0.2) is 4.39 Å². The molecule has 0 aliphatic carbocycles. The van der Waals surface area contributed by atoms with Crippen LogP contribution in [-0.4, -0.2) is 16.9 Å². The van der Waals surface area contributed by atoms with Gasteiger partial charge in [-0.15, -0.1) is 11.8 Å². The van der Waals surface area contributed by atoms with Crippen molar-refractivity contribution in [2.24, 2.45) is 11.0 Å². The molecule has 2 aromatic rings. The van der Waals surface area contributed by atoms with Crippen LogP contribution in [-0.2, 0) is 4.79 Å². The minimum absolute atomic E-state index is 0.0777. The third-order valence-electron chi connectivity index (χ3n) is 3.65. The standard InChI is InChI=1S/C19H19FN2OS/c1-13(2)12-17-18(24-16-6-4-3-5-7-16)19(23)22(21-17)15-10-8-14(20)9-11-15/h3-11,13,18H,12H2,1-2H3. The maximum atomic E-state index is 13.1. The number of hydrogen-bond acceptors (Lipinski definition) is 3. The van der Waals surface area contributed by atoms with Crippen LogP contribution in [0.4, 0.5) is 10.1 Å². The van der Waals surface area contributed by atoms with E-state index in [1.165, 1.54) is 28.9 Å². The van der Waals surface area contributed by atoms with Crippen molar-refractivity contribution in [2.45, 2.75) is 30.4 Å². The molecule has 0 N–H and O–H groups in total. The maximum absolute atomic E-state index is 13.1. The monoisotopic (exact) mass is 342 g/mol. The number of hydrazone groups is 1. The molecule has 0 aromatic heterocycles. The van der Waals surface area contributed by atoms with Crippen LogP contribution >= 0.6 is 11.8 Å². The Labute approximate surface area is 145 Å². The summed E-state index contributed by atoms with van der Waals surface area (Å²) < 4.78 is 13.1. The number of carbonyl (C=O) groups is 1. The lowest BCUT2D eigenvalue weighted by Crippen LogP contribution is -2.30. The molecule has 1 aliphatic rings.